The largest absolute Gasteiger partial charge is 0.360 e. The minimum atomic E-state index is -0.664. The number of hydrogen-bond acceptors (Lipinski definition) is 7. The Kier molecular flexibility index (Phi) is 8.20. The summed E-state index contributed by atoms with van der Waals surface area (Å²) in [5, 5.41) is 23.7. The first-order chi connectivity index (χ1) is 15.6. The third-order valence-electron chi connectivity index (χ3n) is 5.32. The molecule has 3 rings (SSSR count). The number of aromatic nitrogens is 1. The van der Waals surface area contributed by atoms with E-state index in [1.165, 1.54) is 36.1 Å². The topological polar surface area (TPSA) is 114 Å². The normalized spacial score (nSPS) is 15.2. The van der Waals surface area contributed by atoms with Gasteiger partial charge < -0.3 is 15.5 Å². The molecule has 1 aliphatic heterocycles. The third kappa shape index (κ3) is 5.64. The van der Waals surface area contributed by atoms with Crippen molar-refractivity contribution in [1.82, 2.24) is 14.8 Å². The first-order valence-electron chi connectivity index (χ1n) is 10.6. The van der Waals surface area contributed by atoms with Crippen molar-refractivity contribution in [2.24, 2.45) is 0 Å². The third-order valence-corrected chi connectivity index (χ3v) is 6.45. The smallest absolute Gasteiger partial charge is 0.270 e. The van der Waals surface area contributed by atoms with Crippen molar-refractivity contribution in [1.29, 1.82) is 10.5 Å². The number of amides is 1. The lowest BCUT2D eigenvalue weighted by molar-refractivity contribution is -0.115. The van der Waals surface area contributed by atoms with Crippen molar-refractivity contribution in [3.63, 3.8) is 0 Å². The predicted molar refractivity (Wildman–Crippen MR) is 125 cm³/mol. The Hall–Kier alpha value is -3.40. The summed E-state index contributed by atoms with van der Waals surface area (Å²) in [6, 6.07) is 11.8. The fourth-order valence-corrected chi connectivity index (χ4v) is 4.74. The van der Waals surface area contributed by atoms with Gasteiger partial charge in [-0.15, -0.1) is 11.3 Å². The van der Waals surface area contributed by atoms with Gasteiger partial charge in [0.25, 0.3) is 11.5 Å². The summed E-state index contributed by atoms with van der Waals surface area (Å²) in [6.45, 7) is 5.28. The summed E-state index contributed by atoms with van der Waals surface area (Å²) in [5.41, 5.74) is 1.65. The average Bonchev–Trinajstić information content (AvgIpc) is 3.43. The van der Waals surface area contributed by atoms with Crippen LogP contribution in [0.15, 0.2) is 29.1 Å². The van der Waals surface area contributed by atoms with Crippen LogP contribution in [0.4, 0.5) is 5.69 Å². The molecule has 2 N–H and O–H groups in total. The highest BCUT2D eigenvalue weighted by molar-refractivity contribution is 7.07. The van der Waals surface area contributed by atoms with Crippen molar-refractivity contribution in [2.45, 2.75) is 32.7 Å². The van der Waals surface area contributed by atoms with E-state index < -0.39 is 5.91 Å². The molecule has 1 aliphatic rings. The Labute approximate surface area is 190 Å². The summed E-state index contributed by atoms with van der Waals surface area (Å²) in [7, 11) is 0. The van der Waals surface area contributed by atoms with Crippen LogP contribution in [0.5, 0.6) is 0 Å². The molecule has 2 heterocycles. The molecule has 1 fully saturated rings. The lowest BCUT2D eigenvalue weighted by atomic mass is 10.1. The number of nitriles is 2. The number of rotatable bonds is 8. The maximum atomic E-state index is 12.8. The minimum Gasteiger partial charge on any atom is -0.360 e. The number of carbonyl (C=O) groups is 1. The molecule has 1 amide bonds. The quantitative estimate of drug-likeness (QED) is 0.573. The van der Waals surface area contributed by atoms with E-state index >= 15 is 0 Å². The molecule has 32 heavy (non-hydrogen) atoms. The highest BCUT2D eigenvalue weighted by atomic mass is 32.1. The zero-order valence-electron chi connectivity index (χ0n) is 18.1. The van der Waals surface area contributed by atoms with E-state index in [0.29, 0.717) is 11.1 Å². The molecule has 1 saturated heterocycles. The van der Waals surface area contributed by atoms with E-state index in [0.717, 1.165) is 30.0 Å². The predicted octanol–water partition coefficient (Wildman–Crippen LogP) is 0.732. The first-order valence-corrected chi connectivity index (χ1v) is 11.5. The molecule has 0 unspecified atom stereocenters. The molecule has 0 aliphatic carbocycles. The van der Waals surface area contributed by atoms with Gasteiger partial charge in [0.15, 0.2) is 5.57 Å². The zero-order valence-corrected chi connectivity index (χ0v) is 18.9. The maximum Gasteiger partial charge on any atom is 0.270 e. The van der Waals surface area contributed by atoms with Crippen molar-refractivity contribution < 1.29 is 4.79 Å². The van der Waals surface area contributed by atoms with E-state index in [9.17, 15) is 14.9 Å². The number of thiazole rings is 1. The van der Waals surface area contributed by atoms with Gasteiger partial charge in [-0.3, -0.25) is 14.2 Å². The molecule has 1 aromatic heterocycles. The molecule has 166 valence electrons. The van der Waals surface area contributed by atoms with Crippen molar-refractivity contribution in [2.75, 3.05) is 31.5 Å². The molecule has 0 atom stereocenters. The van der Waals surface area contributed by atoms with Crippen LogP contribution in [0.1, 0.15) is 25.3 Å². The van der Waals surface area contributed by atoms with Gasteiger partial charge in [-0.25, -0.2) is 0 Å². The molecular formula is C23H26N6O2S. The summed E-state index contributed by atoms with van der Waals surface area (Å²) in [6.07, 6.45) is 5.14. The van der Waals surface area contributed by atoms with Gasteiger partial charge in [-0.1, -0.05) is 12.1 Å². The van der Waals surface area contributed by atoms with Crippen molar-refractivity contribution in [3.05, 3.63) is 49.4 Å². The van der Waals surface area contributed by atoms with E-state index in [1.807, 2.05) is 18.2 Å². The van der Waals surface area contributed by atoms with Gasteiger partial charge in [0.05, 0.1) is 6.07 Å². The van der Waals surface area contributed by atoms with E-state index in [1.54, 1.807) is 19.2 Å². The molecule has 2 aromatic rings. The number of likely N-dealkylation sites (tertiary alicyclic amines) is 1. The monoisotopic (exact) mass is 450 g/mol. The second-order valence-corrected chi connectivity index (χ2v) is 8.47. The number of anilines is 1. The fraction of sp³-hybridized carbons (Fsp3) is 0.391. The van der Waals surface area contributed by atoms with Crippen molar-refractivity contribution in [3.8, 4) is 12.1 Å². The SMILES string of the molecule is CCn1c(=C(C#N)C(=O)NCC#N)sc(=CNc2cccc(CCN3CCCC3)c2)c1=O. The van der Waals surface area contributed by atoms with Crippen LogP contribution in [0, 0.1) is 22.7 Å². The Morgan fingerprint density at radius 2 is 2.06 bits per heavy atom. The van der Waals surface area contributed by atoms with Gasteiger partial charge in [0.1, 0.15) is 21.8 Å². The maximum absolute atomic E-state index is 12.8. The molecule has 9 heteroatoms. The minimum absolute atomic E-state index is 0.173. The molecule has 0 saturated carbocycles. The summed E-state index contributed by atoms with van der Waals surface area (Å²) < 4.78 is 2.07. The van der Waals surface area contributed by atoms with Gasteiger partial charge in [0.2, 0.25) is 0 Å². The molecular weight excluding hydrogens is 424 g/mol. The number of nitrogens with one attached hydrogen (secondary N) is 2. The van der Waals surface area contributed by atoms with Gasteiger partial charge in [-0.05, 0) is 57.0 Å². The number of hydrogen-bond donors (Lipinski definition) is 2. The summed E-state index contributed by atoms with van der Waals surface area (Å²) in [5.74, 6) is -0.664. The van der Waals surface area contributed by atoms with Crippen LogP contribution in [-0.2, 0) is 17.8 Å². The zero-order chi connectivity index (χ0) is 22.9. The second kappa shape index (κ2) is 11.3. The number of benzene rings is 1. The van der Waals surface area contributed by atoms with Crippen LogP contribution >= 0.6 is 11.3 Å². The first kappa shape index (κ1) is 23.3. The molecule has 1 aromatic carbocycles. The average molecular weight is 451 g/mol. The van der Waals surface area contributed by atoms with Gasteiger partial charge in [-0.2, -0.15) is 10.5 Å². The van der Waals surface area contributed by atoms with Crippen LogP contribution in [0.3, 0.4) is 0 Å². The molecule has 8 nitrogen and oxygen atoms in total. The van der Waals surface area contributed by atoms with Crippen LogP contribution in [0.2, 0.25) is 0 Å². The Balaban J connectivity index is 1.85. The molecule has 0 bridgehead atoms. The summed E-state index contributed by atoms with van der Waals surface area (Å²) >= 11 is 1.08. The molecule has 0 spiro atoms. The lowest BCUT2D eigenvalue weighted by Gasteiger charge is -2.14. The second-order valence-electron chi connectivity index (χ2n) is 7.44. The van der Waals surface area contributed by atoms with Crippen LogP contribution in [0.25, 0.3) is 11.8 Å². The fourth-order valence-electron chi connectivity index (χ4n) is 3.66. The van der Waals surface area contributed by atoms with Crippen LogP contribution in [-0.4, -0.2) is 41.6 Å². The van der Waals surface area contributed by atoms with E-state index in [4.69, 9.17) is 5.26 Å². The highest BCUT2D eigenvalue weighted by Crippen LogP contribution is 2.13. The standard InChI is InChI=1S/C23H26N6O2S/c1-2-29-22(31)20(32-23(29)19(15-25)21(30)26-10-9-24)16-27-18-7-5-6-17(14-18)8-13-28-11-3-4-12-28/h5-7,14,16,27H,2-4,8,10-13H2,1H3,(H,26,30). The van der Waals surface area contributed by atoms with E-state index in [2.05, 4.69) is 27.7 Å². The van der Waals surface area contributed by atoms with Gasteiger partial charge in [0, 0.05) is 25.0 Å². The van der Waals surface area contributed by atoms with Gasteiger partial charge >= 0.3 is 0 Å². The summed E-state index contributed by atoms with van der Waals surface area (Å²) in [4.78, 5) is 27.5. The highest BCUT2D eigenvalue weighted by Gasteiger charge is 2.15. The lowest BCUT2D eigenvalue weighted by Crippen LogP contribution is -2.34. The Morgan fingerprint density at radius 3 is 2.75 bits per heavy atom. The number of nitrogens with zero attached hydrogens (tertiary/aromatic N) is 4. The van der Waals surface area contributed by atoms with E-state index in [-0.39, 0.29) is 22.3 Å². The Bertz CT molecular complexity index is 1220. The van der Waals surface area contributed by atoms with Crippen LogP contribution < -0.4 is 25.4 Å². The molecule has 0 radical (unpaired) electrons. The van der Waals surface area contributed by atoms with Crippen molar-refractivity contribution >= 4 is 34.7 Å². The Morgan fingerprint density at radius 1 is 1.28 bits per heavy atom. The number of carbonyl (C=O) groups excluding carboxylic acids is 1.